The van der Waals surface area contributed by atoms with Crippen LogP contribution in [-0.2, 0) is 15.7 Å². The lowest BCUT2D eigenvalue weighted by atomic mass is 10.1. The summed E-state index contributed by atoms with van der Waals surface area (Å²) >= 11 is 0. The molecule has 0 bridgehead atoms. The Morgan fingerprint density at radius 3 is 2.40 bits per heavy atom. The summed E-state index contributed by atoms with van der Waals surface area (Å²) in [4.78, 5) is 23.4. The lowest BCUT2D eigenvalue weighted by Gasteiger charge is -2.08. The molecule has 0 aliphatic heterocycles. The van der Waals surface area contributed by atoms with E-state index in [2.05, 4.69) is 5.32 Å². The van der Waals surface area contributed by atoms with Crippen LogP contribution in [0.25, 0.3) is 0 Å². The molecule has 0 atom stereocenters. The number of hydrogen-bond donors (Lipinski definition) is 1. The van der Waals surface area contributed by atoms with Crippen molar-refractivity contribution in [2.24, 2.45) is 0 Å². The van der Waals surface area contributed by atoms with E-state index in [1.807, 2.05) is 6.07 Å². The monoisotopic (exact) mass is 348 g/mol. The van der Waals surface area contributed by atoms with Gasteiger partial charge in [0.1, 0.15) is 0 Å². The molecule has 0 saturated heterocycles. The number of halogens is 3. The number of nitriles is 1. The molecule has 0 spiro atoms. The normalized spacial score (nSPS) is 10.6. The van der Waals surface area contributed by atoms with Gasteiger partial charge in [-0.1, -0.05) is 6.07 Å². The number of ether oxygens (including phenoxy) is 1. The van der Waals surface area contributed by atoms with E-state index in [4.69, 9.17) is 10.00 Å². The van der Waals surface area contributed by atoms with Crippen LogP contribution >= 0.6 is 0 Å². The third-order valence-corrected chi connectivity index (χ3v) is 3.06. The Kier molecular flexibility index (Phi) is 5.39. The quantitative estimate of drug-likeness (QED) is 0.859. The first-order chi connectivity index (χ1) is 11.8. The number of nitrogens with one attached hydrogen (secondary N) is 1. The number of nitrogens with zero attached hydrogens (tertiary/aromatic N) is 1. The number of amides is 1. The van der Waals surface area contributed by atoms with Gasteiger partial charge in [-0.05, 0) is 42.5 Å². The Morgan fingerprint density at radius 1 is 1.12 bits per heavy atom. The summed E-state index contributed by atoms with van der Waals surface area (Å²) in [6.07, 6.45) is -4.50. The molecule has 1 N–H and O–H groups in total. The molecule has 0 aromatic heterocycles. The minimum atomic E-state index is -4.50. The average molecular weight is 348 g/mol. The van der Waals surface area contributed by atoms with E-state index in [9.17, 15) is 22.8 Å². The first kappa shape index (κ1) is 18.0. The second kappa shape index (κ2) is 7.49. The van der Waals surface area contributed by atoms with Crippen LogP contribution in [0.4, 0.5) is 18.9 Å². The van der Waals surface area contributed by atoms with Crippen molar-refractivity contribution < 1.29 is 27.5 Å². The molecule has 0 fully saturated rings. The molecule has 128 valence electrons. The van der Waals surface area contributed by atoms with Gasteiger partial charge in [0.05, 0.1) is 22.8 Å². The number of hydrogen-bond acceptors (Lipinski definition) is 4. The second-order valence-electron chi connectivity index (χ2n) is 4.89. The Labute approximate surface area is 140 Å². The Bertz CT molecular complexity index is 824. The molecule has 0 aliphatic rings. The molecule has 5 nitrogen and oxygen atoms in total. The standard InChI is InChI=1S/C17H11F3N2O3/c18-17(19,20)13-6-4-12(5-7-13)16(24)25-10-15(23)22-14-3-1-2-11(8-14)9-21/h1-8H,10H2,(H,22,23). The summed E-state index contributed by atoms with van der Waals surface area (Å²) in [5.41, 5.74) is -0.291. The molecule has 8 heteroatoms. The minimum Gasteiger partial charge on any atom is -0.452 e. The van der Waals surface area contributed by atoms with E-state index in [0.717, 1.165) is 24.3 Å². The number of alkyl halides is 3. The molecule has 0 radical (unpaired) electrons. The number of carbonyl (C=O) groups excluding carboxylic acids is 2. The summed E-state index contributed by atoms with van der Waals surface area (Å²) in [6, 6.07) is 11.5. The number of carbonyl (C=O) groups is 2. The van der Waals surface area contributed by atoms with E-state index < -0.39 is 30.2 Å². The number of esters is 1. The summed E-state index contributed by atoms with van der Waals surface area (Å²) in [5, 5.41) is 11.2. The maximum Gasteiger partial charge on any atom is 0.416 e. The van der Waals surface area contributed by atoms with E-state index in [1.165, 1.54) is 6.07 Å². The van der Waals surface area contributed by atoms with Crippen molar-refractivity contribution in [2.45, 2.75) is 6.18 Å². The van der Waals surface area contributed by atoms with Crippen molar-refractivity contribution in [1.29, 1.82) is 5.26 Å². The van der Waals surface area contributed by atoms with Gasteiger partial charge < -0.3 is 10.1 Å². The summed E-state index contributed by atoms with van der Waals surface area (Å²) < 4.78 is 42.1. The molecule has 2 rings (SSSR count). The molecule has 25 heavy (non-hydrogen) atoms. The Morgan fingerprint density at radius 2 is 1.80 bits per heavy atom. The van der Waals surface area contributed by atoms with Crippen LogP contribution in [0, 0.1) is 11.3 Å². The first-order valence-electron chi connectivity index (χ1n) is 6.94. The lowest BCUT2D eigenvalue weighted by Crippen LogP contribution is -2.21. The zero-order valence-electron chi connectivity index (χ0n) is 12.6. The largest absolute Gasteiger partial charge is 0.452 e. The smallest absolute Gasteiger partial charge is 0.416 e. The zero-order chi connectivity index (χ0) is 18.4. The van der Waals surface area contributed by atoms with Gasteiger partial charge in [-0.3, -0.25) is 4.79 Å². The zero-order valence-corrected chi connectivity index (χ0v) is 12.6. The van der Waals surface area contributed by atoms with Crippen LogP contribution in [0.15, 0.2) is 48.5 Å². The molecule has 0 unspecified atom stereocenters. The summed E-state index contributed by atoms with van der Waals surface area (Å²) in [7, 11) is 0. The molecule has 0 aliphatic carbocycles. The van der Waals surface area contributed by atoms with Gasteiger partial charge in [0.2, 0.25) is 0 Å². The van der Waals surface area contributed by atoms with Crippen LogP contribution in [0.5, 0.6) is 0 Å². The van der Waals surface area contributed by atoms with Gasteiger partial charge in [0.25, 0.3) is 5.91 Å². The fourth-order valence-corrected chi connectivity index (χ4v) is 1.87. The predicted octanol–water partition coefficient (Wildman–Crippen LogP) is 3.37. The van der Waals surface area contributed by atoms with Gasteiger partial charge in [0.15, 0.2) is 6.61 Å². The van der Waals surface area contributed by atoms with Crippen molar-refractivity contribution in [3.63, 3.8) is 0 Å². The van der Waals surface area contributed by atoms with Crippen LogP contribution in [0.3, 0.4) is 0 Å². The predicted molar refractivity (Wildman–Crippen MR) is 81.5 cm³/mol. The number of anilines is 1. The van der Waals surface area contributed by atoms with Crippen LogP contribution < -0.4 is 5.32 Å². The Hall–Kier alpha value is -3.34. The van der Waals surface area contributed by atoms with Crippen LogP contribution in [-0.4, -0.2) is 18.5 Å². The van der Waals surface area contributed by atoms with Crippen molar-refractivity contribution in [3.8, 4) is 6.07 Å². The van der Waals surface area contributed by atoms with E-state index in [-0.39, 0.29) is 5.56 Å². The van der Waals surface area contributed by atoms with Gasteiger partial charge in [-0.15, -0.1) is 0 Å². The average Bonchev–Trinajstić information content (AvgIpc) is 2.59. The second-order valence-corrected chi connectivity index (χ2v) is 4.89. The van der Waals surface area contributed by atoms with E-state index in [0.29, 0.717) is 11.3 Å². The highest BCUT2D eigenvalue weighted by molar-refractivity contribution is 5.95. The highest BCUT2D eigenvalue weighted by Gasteiger charge is 2.30. The molecule has 2 aromatic carbocycles. The van der Waals surface area contributed by atoms with Gasteiger partial charge in [-0.2, -0.15) is 18.4 Å². The van der Waals surface area contributed by atoms with Gasteiger partial charge in [0, 0.05) is 5.69 Å². The molecule has 2 aromatic rings. The van der Waals surface area contributed by atoms with Crippen LogP contribution in [0.1, 0.15) is 21.5 Å². The minimum absolute atomic E-state index is 0.104. The van der Waals surface area contributed by atoms with Crippen LogP contribution in [0.2, 0.25) is 0 Å². The maximum absolute atomic E-state index is 12.4. The lowest BCUT2D eigenvalue weighted by molar-refractivity contribution is -0.137. The van der Waals surface area contributed by atoms with Gasteiger partial charge in [-0.25, -0.2) is 4.79 Å². The summed E-state index contributed by atoms with van der Waals surface area (Å²) in [6.45, 7) is -0.614. The highest BCUT2D eigenvalue weighted by Crippen LogP contribution is 2.29. The van der Waals surface area contributed by atoms with Crippen molar-refractivity contribution in [3.05, 3.63) is 65.2 Å². The molecule has 0 saturated carbocycles. The van der Waals surface area contributed by atoms with Crippen molar-refractivity contribution in [1.82, 2.24) is 0 Å². The van der Waals surface area contributed by atoms with Crippen molar-refractivity contribution >= 4 is 17.6 Å². The number of benzene rings is 2. The molecule has 1 amide bonds. The first-order valence-corrected chi connectivity index (χ1v) is 6.94. The maximum atomic E-state index is 12.4. The van der Waals surface area contributed by atoms with E-state index >= 15 is 0 Å². The third-order valence-electron chi connectivity index (χ3n) is 3.06. The topological polar surface area (TPSA) is 79.2 Å². The van der Waals surface area contributed by atoms with E-state index in [1.54, 1.807) is 18.2 Å². The van der Waals surface area contributed by atoms with Crippen molar-refractivity contribution in [2.75, 3.05) is 11.9 Å². The third kappa shape index (κ3) is 5.07. The molecular weight excluding hydrogens is 337 g/mol. The molecule has 0 heterocycles. The summed E-state index contributed by atoms with van der Waals surface area (Å²) in [5.74, 6) is -1.56. The fourth-order valence-electron chi connectivity index (χ4n) is 1.87. The molecular formula is C17H11F3N2O3. The van der Waals surface area contributed by atoms with Gasteiger partial charge >= 0.3 is 12.1 Å². The fraction of sp³-hybridized carbons (Fsp3) is 0.118. The highest BCUT2D eigenvalue weighted by atomic mass is 19.4. The Balaban J connectivity index is 1.91. The SMILES string of the molecule is N#Cc1cccc(NC(=O)COC(=O)c2ccc(C(F)(F)F)cc2)c1. The number of rotatable bonds is 4.